The molecule has 2 fully saturated rings. The molecule has 0 N–H and O–H groups in total. The summed E-state index contributed by atoms with van der Waals surface area (Å²) in [4.78, 5) is 0. The fourth-order valence-electron chi connectivity index (χ4n) is 3.86. The highest BCUT2D eigenvalue weighted by Crippen LogP contribution is 2.70. The third-order valence-electron chi connectivity index (χ3n) is 5.11. The summed E-state index contributed by atoms with van der Waals surface area (Å²) in [5.41, 5.74) is 1.14. The zero-order valence-corrected chi connectivity index (χ0v) is 9.43. The molecule has 0 aromatic rings. The SMILES string of the molecule is CC=CC1(C)CC2C(C)CCC21C. The maximum absolute atomic E-state index is 2.50. The Morgan fingerprint density at radius 1 is 1.31 bits per heavy atom. The molecule has 0 aliphatic heterocycles. The molecule has 0 aromatic carbocycles. The summed E-state index contributed by atoms with van der Waals surface area (Å²) in [6, 6.07) is 0. The van der Waals surface area contributed by atoms with Crippen molar-refractivity contribution in [2.24, 2.45) is 22.7 Å². The van der Waals surface area contributed by atoms with Crippen LogP contribution in [-0.4, -0.2) is 0 Å². The predicted octanol–water partition coefficient (Wildman–Crippen LogP) is 4.02. The lowest BCUT2D eigenvalue weighted by molar-refractivity contribution is -0.0749. The zero-order chi connectivity index (χ0) is 9.69. The van der Waals surface area contributed by atoms with Gasteiger partial charge in [-0.05, 0) is 48.9 Å². The number of rotatable bonds is 1. The molecule has 0 nitrogen and oxygen atoms in total. The molecule has 0 saturated heterocycles. The highest BCUT2D eigenvalue weighted by Gasteiger charge is 2.62. The zero-order valence-electron chi connectivity index (χ0n) is 9.43. The molecule has 0 radical (unpaired) electrons. The summed E-state index contributed by atoms with van der Waals surface area (Å²) in [5.74, 6) is 1.98. The van der Waals surface area contributed by atoms with Crippen LogP contribution in [0.2, 0.25) is 0 Å². The Morgan fingerprint density at radius 3 is 2.54 bits per heavy atom. The lowest BCUT2D eigenvalue weighted by Gasteiger charge is -2.59. The largest absolute Gasteiger partial charge is 0.0911 e. The molecule has 4 atom stereocenters. The standard InChI is InChI=1S/C13H22/c1-5-7-12(3)9-11-10(2)6-8-13(11,12)4/h5,7,10-11H,6,8-9H2,1-4H3. The predicted molar refractivity (Wildman–Crippen MR) is 57.5 cm³/mol. The lowest BCUT2D eigenvalue weighted by Crippen LogP contribution is -2.52. The van der Waals surface area contributed by atoms with E-state index in [1.807, 2.05) is 0 Å². The van der Waals surface area contributed by atoms with Crippen LogP contribution in [0.1, 0.15) is 47.0 Å². The Hall–Kier alpha value is -0.260. The molecular weight excluding hydrogens is 156 g/mol. The van der Waals surface area contributed by atoms with Crippen LogP contribution in [0.4, 0.5) is 0 Å². The van der Waals surface area contributed by atoms with E-state index in [-0.39, 0.29) is 0 Å². The van der Waals surface area contributed by atoms with Gasteiger partial charge in [0, 0.05) is 0 Å². The van der Waals surface area contributed by atoms with E-state index in [0.29, 0.717) is 10.8 Å². The topological polar surface area (TPSA) is 0 Å². The fraction of sp³-hybridized carbons (Fsp3) is 0.846. The van der Waals surface area contributed by atoms with E-state index >= 15 is 0 Å². The van der Waals surface area contributed by atoms with Crippen molar-refractivity contribution in [2.45, 2.75) is 47.0 Å². The van der Waals surface area contributed by atoms with Crippen LogP contribution in [0, 0.1) is 22.7 Å². The Morgan fingerprint density at radius 2 is 2.00 bits per heavy atom. The second-order valence-corrected chi connectivity index (χ2v) is 5.66. The molecule has 2 rings (SSSR count). The summed E-state index contributed by atoms with van der Waals surface area (Å²) in [7, 11) is 0. The third-order valence-corrected chi connectivity index (χ3v) is 5.11. The van der Waals surface area contributed by atoms with Crippen molar-refractivity contribution >= 4 is 0 Å². The van der Waals surface area contributed by atoms with Gasteiger partial charge < -0.3 is 0 Å². The van der Waals surface area contributed by atoms with Crippen molar-refractivity contribution in [3.63, 3.8) is 0 Å². The minimum absolute atomic E-state index is 0.511. The van der Waals surface area contributed by atoms with E-state index in [9.17, 15) is 0 Å². The number of hydrogen-bond acceptors (Lipinski definition) is 0. The quantitative estimate of drug-likeness (QED) is 0.532. The first-order valence-corrected chi connectivity index (χ1v) is 5.67. The van der Waals surface area contributed by atoms with Gasteiger partial charge in [0.05, 0.1) is 0 Å². The average Bonchev–Trinajstić information content (AvgIpc) is 2.31. The highest BCUT2D eigenvalue weighted by molar-refractivity contribution is 5.19. The number of allylic oxidation sites excluding steroid dienone is 2. The average molecular weight is 178 g/mol. The van der Waals surface area contributed by atoms with Gasteiger partial charge in [-0.1, -0.05) is 32.9 Å². The van der Waals surface area contributed by atoms with Gasteiger partial charge in [0.15, 0.2) is 0 Å². The van der Waals surface area contributed by atoms with E-state index in [0.717, 1.165) is 11.8 Å². The van der Waals surface area contributed by atoms with Gasteiger partial charge in [-0.2, -0.15) is 0 Å². The van der Waals surface area contributed by atoms with Gasteiger partial charge in [0.1, 0.15) is 0 Å². The molecule has 2 saturated carbocycles. The Bertz CT molecular complexity index is 240. The van der Waals surface area contributed by atoms with E-state index in [4.69, 9.17) is 0 Å². The first kappa shape index (κ1) is 9.30. The molecule has 2 aliphatic rings. The molecule has 74 valence electrons. The first-order valence-electron chi connectivity index (χ1n) is 5.67. The van der Waals surface area contributed by atoms with Crippen LogP contribution in [0.5, 0.6) is 0 Å². The maximum Gasteiger partial charge on any atom is -0.00872 e. The molecular formula is C13H22. The fourth-order valence-corrected chi connectivity index (χ4v) is 3.86. The maximum atomic E-state index is 2.50. The van der Waals surface area contributed by atoms with Crippen LogP contribution in [0.25, 0.3) is 0 Å². The third kappa shape index (κ3) is 0.978. The van der Waals surface area contributed by atoms with Gasteiger partial charge in [0.2, 0.25) is 0 Å². The van der Waals surface area contributed by atoms with Gasteiger partial charge in [0.25, 0.3) is 0 Å². The summed E-state index contributed by atoms with van der Waals surface area (Å²) in [5, 5.41) is 0. The van der Waals surface area contributed by atoms with Gasteiger partial charge in [-0.15, -0.1) is 0 Å². The molecule has 0 heteroatoms. The van der Waals surface area contributed by atoms with Crippen LogP contribution in [0.3, 0.4) is 0 Å². The Kier molecular flexibility index (Phi) is 1.87. The van der Waals surface area contributed by atoms with E-state index in [1.54, 1.807) is 0 Å². The van der Waals surface area contributed by atoms with Crippen molar-refractivity contribution in [1.29, 1.82) is 0 Å². The Balaban J connectivity index is 2.23. The van der Waals surface area contributed by atoms with Crippen molar-refractivity contribution in [3.05, 3.63) is 12.2 Å². The summed E-state index contributed by atoms with van der Waals surface area (Å²) >= 11 is 0. The van der Waals surface area contributed by atoms with Gasteiger partial charge >= 0.3 is 0 Å². The Labute approximate surface area is 82.4 Å². The molecule has 0 spiro atoms. The monoisotopic (exact) mass is 178 g/mol. The molecule has 0 amide bonds. The van der Waals surface area contributed by atoms with E-state index in [2.05, 4.69) is 39.8 Å². The van der Waals surface area contributed by atoms with Crippen LogP contribution >= 0.6 is 0 Å². The number of hydrogen-bond donors (Lipinski definition) is 0. The minimum Gasteiger partial charge on any atom is -0.0911 e. The van der Waals surface area contributed by atoms with Crippen LogP contribution in [-0.2, 0) is 0 Å². The summed E-state index contributed by atoms with van der Waals surface area (Å²) < 4.78 is 0. The number of fused-ring (bicyclic) bond motifs is 1. The second-order valence-electron chi connectivity index (χ2n) is 5.66. The van der Waals surface area contributed by atoms with Crippen molar-refractivity contribution < 1.29 is 0 Å². The highest BCUT2D eigenvalue weighted by atomic mass is 14.7. The van der Waals surface area contributed by atoms with E-state index in [1.165, 1.54) is 19.3 Å². The second kappa shape index (κ2) is 2.62. The molecule has 13 heavy (non-hydrogen) atoms. The molecule has 2 aliphatic carbocycles. The lowest BCUT2D eigenvalue weighted by atomic mass is 9.45. The van der Waals surface area contributed by atoms with Gasteiger partial charge in [-0.25, -0.2) is 0 Å². The molecule has 0 aromatic heterocycles. The molecule has 0 bridgehead atoms. The molecule has 0 heterocycles. The van der Waals surface area contributed by atoms with Crippen LogP contribution in [0.15, 0.2) is 12.2 Å². The molecule has 4 unspecified atom stereocenters. The smallest absolute Gasteiger partial charge is 0.00872 e. The minimum atomic E-state index is 0.511. The summed E-state index contributed by atoms with van der Waals surface area (Å²) in [6.45, 7) is 9.54. The van der Waals surface area contributed by atoms with E-state index < -0.39 is 0 Å². The van der Waals surface area contributed by atoms with Crippen LogP contribution < -0.4 is 0 Å². The normalized spacial score (nSPS) is 55.1. The van der Waals surface area contributed by atoms with Crippen molar-refractivity contribution in [2.75, 3.05) is 0 Å². The van der Waals surface area contributed by atoms with Gasteiger partial charge in [-0.3, -0.25) is 0 Å². The van der Waals surface area contributed by atoms with Crippen molar-refractivity contribution in [1.82, 2.24) is 0 Å². The first-order chi connectivity index (χ1) is 6.03. The van der Waals surface area contributed by atoms with Crippen molar-refractivity contribution in [3.8, 4) is 0 Å². The summed E-state index contributed by atoms with van der Waals surface area (Å²) in [6.07, 6.45) is 9.01.